The van der Waals surface area contributed by atoms with E-state index in [9.17, 15) is 18.7 Å². The molecule has 0 atom stereocenters. The van der Waals surface area contributed by atoms with Gasteiger partial charge >= 0.3 is 5.97 Å². The normalized spacial score (nSPS) is 21.5. The van der Waals surface area contributed by atoms with Crippen molar-refractivity contribution in [3.63, 3.8) is 0 Å². The van der Waals surface area contributed by atoms with E-state index in [0.29, 0.717) is 34.2 Å². The van der Waals surface area contributed by atoms with Crippen molar-refractivity contribution in [1.82, 2.24) is 15.0 Å². The van der Waals surface area contributed by atoms with Gasteiger partial charge in [-0.05, 0) is 78.7 Å². The molecule has 1 aromatic carbocycles. The third-order valence-electron chi connectivity index (χ3n) is 7.60. The van der Waals surface area contributed by atoms with Crippen LogP contribution in [0.15, 0.2) is 34.9 Å². The summed E-state index contributed by atoms with van der Waals surface area (Å²) < 4.78 is 35.3. The first-order chi connectivity index (χ1) is 17.7. The molecule has 1 aliphatic carbocycles. The summed E-state index contributed by atoms with van der Waals surface area (Å²) >= 11 is 3.39. The van der Waals surface area contributed by atoms with Crippen molar-refractivity contribution < 1.29 is 23.4 Å². The number of piperidine rings is 1. The highest BCUT2D eigenvalue weighted by molar-refractivity contribution is 9.10. The maximum atomic E-state index is 14.2. The van der Waals surface area contributed by atoms with Crippen LogP contribution in [0.2, 0.25) is 0 Å². The second kappa shape index (κ2) is 10.6. The van der Waals surface area contributed by atoms with E-state index >= 15 is 0 Å². The molecule has 0 radical (unpaired) electrons. The largest absolute Gasteiger partial charge is 0.481 e. The number of benzene rings is 1. The number of anilines is 1. The number of carboxylic acids is 1. The summed E-state index contributed by atoms with van der Waals surface area (Å²) in [5, 5.41) is 9.17. The second-order valence-electron chi connectivity index (χ2n) is 10.0. The van der Waals surface area contributed by atoms with E-state index in [1.807, 2.05) is 12.1 Å². The number of aromatic amines is 1. The van der Waals surface area contributed by atoms with Gasteiger partial charge in [0.2, 0.25) is 0 Å². The molecule has 10 heteroatoms. The first-order valence-electron chi connectivity index (χ1n) is 12.9. The van der Waals surface area contributed by atoms with Gasteiger partial charge in [-0.1, -0.05) is 6.92 Å². The van der Waals surface area contributed by atoms with Gasteiger partial charge in [-0.2, -0.15) is 0 Å². The van der Waals surface area contributed by atoms with Crippen molar-refractivity contribution in [2.75, 3.05) is 18.0 Å². The van der Waals surface area contributed by atoms with E-state index in [1.54, 1.807) is 6.20 Å². The predicted molar refractivity (Wildman–Crippen MR) is 141 cm³/mol. The number of carboxylic acid groups (broad SMARTS) is 1. The van der Waals surface area contributed by atoms with Gasteiger partial charge < -0.3 is 19.7 Å². The maximum absolute atomic E-state index is 14.2. The quantitative estimate of drug-likeness (QED) is 0.333. The number of nitrogens with one attached hydrogen (secondary N) is 1. The molecule has 198 valence electrons. The zero-order chi connectivity index (χ0) is 26.2. The first kappa shape index (κ1) is 26.0. The maximum Gasteiger partial charge on any atom is 0.306 e. The number of nitrogens with zero attached hydrogens (tertiary/aromatic N) is 3. The topological polar surface area (TPSA) is 91.3 Å². The number of halogens is 3. The minimum atomic E-state index is -2.90. The molecule has 0 spiro atoms. The van der Waals surface area contributed by atoms with Crippen LogP contribution in [0.5, 0.6) is 0 Å². The molecule has 37 heavy (non-hydrogen) atoms. The summed E-state index contributed by atoms with van der Waals surface area (Å²) in [6, 6.07) is 6.81. The lowest BCUT2D eigenvalue weighted by molar-refractivity contribution is -0.144. The average Bonchev–Trinajstić information content (AvgIpc) is 3.35. The van der Waals surface area contributed by atoms with Crippen molar-refractivity contribution in [2.45, 2.75) is 70.0 Å². The minimum absolute atomic E-state index is 0.0432. The number of pyridine rings is 1. The molecule has 0 amide bonds. The fourth-order valence-electron chi connectivity index (χ4n) is 5.28. The van der Waals surface area contributed by atoms with Gasteiger partial charge in [-0.25, -0.2) is 18.7 Å². The fraction of sp³-hybridized carbons (Fsp3) is 0.519. The second-order valence-corrected chi connectivity index (χ2v) is 10.9. The molecular weight excluding hydrogens is 546 g/mol. The summed E-state index contributed by atoms with van der Waals surface area (Å²) in [5.41, 5.74) is 1.90. The van der Waals surface area contributed by atoms with Gasteiger partial charge in [0, 0.05) is 41.3 Å². The highest BCUT2D eigenvalue weighted by atomic mass is 79.9. The predicted octanol–water partition coefficient (Wildman–Crippen LogP) is 6.52. The molecule has 7 nitrogen and oxygen atoms in total. The van der Waals surface area contributed by atoms with Crippen LogP contribution in [0, 0.1) is 5.92 Å². The van der Waals surface area contributed by atoms with Crippen LogP contribution < -0.4 is 4.90 Å². The van der Waals surface area contributed by atoms with Gasteiger partial charge in [0.05, 0.1) is 23.6 Å². The number of aliphatic carboxylic acids is 1. The molecule has 3 aromatic rings. The Morgan fingerprint density at radius 2 is 1.86 bits per heavy atom. The van der Waals surface area contributed by atoms with Crippen LogP contribution in [0.1, 0.15) is 57.4 Å². The Labute approximate surface area is 222 Å². The Morgan fingerprint density at radius 3 is 2.49 bits per heavy atom. The average molecular weight is 577 g/mol. The Kier molecular flexibility index (Phi) is 7.49. The number of hydrogen-bond donors (Lipinski definition) is 2. The monoisotopic (exact) mass is 576 g/mol. The van der Waals surface area contributed by atoms with Crippen LogP contribution in [0.3, 0.4) is 0 Å². The lowest BCUT2D eigenvalue weighted by atomic mass is 9.87. The molecule has 5 rings (SSSR count). The van der Waals surface area contributed by atoms with Crippen molar-refractivity contribution in [1.29, 1.82) is 0 Å². The molecule has 2 N–H and O–H groups in total. The third-order valence-corrected chi connectivity index (χ3v) is 8.21. The van der Waals surface area contributed by atoms with E-state index in [-0.39, 0.29) is 30.1 Å². The molecule has 2 aliphatic rings. The summed E-state index contributed by atoms with van der Waals surface area (Å²) in [4.78, 5) is 25.8. The summed E-state index contributed by atoms with van der Waals surface area (Å²) in [6.45, 7) is 3.15. The molecule has 0 unspecified atom stereocenters. The van der Waals surface area contributed by atoms with Crippen LogP contribution >= 0.6 is 15.9 Å². The van der Waals surface area contributed by atoms with Crippen LogP contribution in [0.25, 0.3) is 22.4 Å². The summed E-state index contributed by atoms with van der Waals surface area (Å²) in [5.74, 6) is -2.35. The molecule has 2 fully saturated rings. The van der Waals surface area contributed by atoms with E-state index in [0.717, 1.165) is 50.2 Å². The molecule has 2 aromatic heterocycles. The summed E-state index contributed by atoms with van der Waals surface area (Å²) in [7, 11) is 0. The molecule has 0 bridgehead atoms. The fourth-order valence-corrected chi connectivity index (χ4v) is 5.83. The zero-order valence-electron chi connectivity index (χ0n) is 20.7. The number of fused-ring (bicyclic) bond motifs is 1. The number of aromatic nitrogens is 3. The van der Waals surface area contributed by atoms with Crippen molar-refractivity contribution in [3.8, 4) is 11.4 Å². The smallest absolute Gasteiger partial charge is 0.306 e. The number of hydrogen-bond acceptors (Lipinski definition) is 5. The minimum Gasteiger partial charge on any atom is -0.481 e. The molecule has 1 saturated heterocycles. The van der Waals surface area contributed by atoms with E-state index in [2.05, 4.69) is 35.8 Å². The highest BCUT2D eigenvalue weighted by Crippen LogP contribution is 2.37. The van der Waals surface area contributed by atoms with Gasteiger partial charge in [-0.15, -0.1) is 0 Å². The SMILES string of the molecule is CCC(F)(F)c1cc(Br)c2nc(-c3ccc(N4CCC(OC5CCC(C(=O)O)CC5)CC4)nc3)[nH]c2c1. The number of H-pyrrole nitrogens is 1. The van der Waals surface area contributed by atoms with Crippen LogP contribution in [-0.4, -0.2) is 51.3 Å². The highest BCUT2D eigenvalue weighted by Gasteiger charge is 2.31. The van der Waals surface area contributed by atoms with Crippen molar-refractivity contribution in [3.05, 3.63) is 40.5 Å². The van der Waals surface area contributed by atoms with Crippen molar-refractivity contribution in [2.24, 2.45) is 5.92 Å². The van der Waals surface area contributed by atoms with Gasteiger partial charge in [0.25, 0.3) is 5.92 Å². The van der Waals surface area contributed by atoms with Crippen LogP contribution in [0.4, 0.5) is 14.6 Å². The van der Waals surface area contributed by atoms with E-state index < -0.39 is 11.9 Å². The number of imidazole rings is 1. The van der Waals surface area contributed by atoms with Crippen LogP contribution in [-0.2, 0) is 15.5 Å². The number of rotatable bonds is 7. The Morgan fingerprint density at radius 1 is 1.16 bits per heavy atom. The molecular formula is C27H31BrF2N4O3. The summed E-state index contributed by atoms with van der Waals surface area (Å²) in [6.07, 6.45) is 6.70. The number of carbonyl (C=O) groups is 1. The van der Waals surface area contributed by atoms with Gasteiger partial charge in [-0.3, -0.25) is 4.79 Å². The molecule has 3 heterocycles. The lowest BCUT2D eigenvalue weighted by Crippen LogP contribution is -2.39. The Balaban J connectivity index is 1.20. The van der Waals surface area contributed by atoms with E-state index in [1.165, 1.54) is 19.1 Å². The molecule has 1 saturated carbocycles. The number of alkyl halides is 2. The third kappa shape index (κ3) is 5.65. The zero-order valence-corrected chi connectivity index (χ0v) is 22.3. The Bertz CT molecular complexity index is 1250. The van der Waals surface area contributed by atoms with Gasteiger partial charge in [0.1, 0.15) is 17.2 Å². The first-order valence-corrected chi connectivity index (χ1v) is 13.7. The van der Waals surface area contributed by atoms with Gasteiger partial charge in [0.15, 0.2) is 0 Å². The lowest BCUT2D eigenvalue weighted by Gasteiger charge is -2.36. The standard InChI is InChI=1S/C27H31BrF2N4O3/c1-2-27(29,30)18-13-21(28)24-22(14-18)32-25(33-24)17-5-8-23(31-15-17)34-11-9-20(10-12-34)37-19-6-3-16(4-7-19)26(35)36/h5,8,13-16,19-20H,2-4,6-7,9-12H2,1H3,(H,32,33)(H,35,36). The number of ether oxygens (including phenoxy) is 1. The van der Waals surface area contributed by atoms with Crippen molar-refractivity contribution >= 4 is 38.8 Å². The molecule has 1 aliphatic heterocycles. The Hall–Kier alpha value is -2.59. The van der Waals surface area contributed by atoms with E-state index in [4.69, 9.17) is 4.74 Å².